The molecule has 124 valence electrons. The fourth-order valence-corrected chi connectivity index (χ4v) is 3.01. The molecule has 0 saturated carbocycles. The minimum absolute atomic E-state index is 0.0187. The Balaban J connectivity index is 1.95. The fourth-order valence-electron chi connectivity index (χ4n) is 2.21. The highest BCUT2D eigenvalue weighted by Crippen LogP contribution is 2.21. The molecule has 23 heavy (non-hydrogen) atoms. The predicted octanol–water partition coefficient (Wildman–Crippen LogP) is 2.51. The molecule has 2 atom stereocenters. The van der Waals surface area contributed by atoms with Gasteiger partial charge < -0.3 is 5.32 Å². The van der Waals surface area contributed by atoms with Crippen molar-refractivity contribution < 1.29 is 4.79 Å². The Labute approximate surface area is 141 Å². The Kier molecular flexibility index (Phi) is 6.58. The van der Waals surface area contributed by atoms with Crippen molar-refractivity contribution in [1.82, 2.24) is 25.5 Å². The van der Waals surface area contributed by atoms with Crippen LogP contribution in [0.1, 0.15) is 39.2 Å². The first kappa shape index (κ1) is 17.5. The first-order valence-electron chi connectivity index (χ1n) is 7.87. The van der Waals surface area contributed by atoms with Crippen LogP contribution in [0.3, 0.4) is 0 Å². The topological polar surface area (TPSA) is 72.7 Å². The first-order valence-corrected chi connectivity index (χ1v) is 8.75. The first-order chi connectivity index (χ1) is 11.1. The van der Waals surface area contributed by atoms with Crippen molar-refractivity contribution in [2.75, 3.05) is 0 Å². The lowest BCUT2D eigenvalue weighted by Gasteiger charge is -2.16. The summed E-state index contributed by atoms with van der Waals surface area (Å²) in [5.74, 6) is 0.0187. The van der Waals surface area contributed by atoms with E-state index in [0.717, 1.165) is 18.4 Å². The molecule has 0 bridgehead atoms. The number of nitrogens with zero attached hydrogens (tertiary/aromatic N) is 4. The Bertz CT molecular complexity index is 616. The van der Waals surface area contributed by atoms with E-state index >= 15 is 0 Å². The van der Waals surface area contributed by atoms with Crippen LogP contribution in [0.25, 0.3) is 0 Å². The number of aromatic nitrogens is 4. The Morgan fingerprint density at radius 3 is 2.74 bits per heavy atom. The quantitative estimate of drug-likeness (QED) is 0.752. The van der Waals surface area contributed by atoms with Crippen molar-refractivity contribution in [1.29, 1.82) is 0 Å². The van der Waals surface area contributed by atoms with Gasteiger partial charge in [-0.05, 0) is 36.3 Å². The predicted molar refractivity (Wildman–Crippen MR) is 91.2 cm³/mol. The molecule has 0 aliphatic rings. The van der Waals surface area contributed by atoms with E-state index in [0.29, 0.717) is 11.7 Å². The Hall–Kier alpha value is -1.89. The van der Waals surface area contributed by atoms with Crippen LogP contribution in [0.4, 0.5) is 0 Å². The van der Waals surface area contributed by atoms with E-state index in [1.54, 1.807) is 4.68 Å². The van der Waals surface area contributed by atoms with Crippen LogP contribution in [0.15, 0.2) is 35.5 Å². The van der Waals surface area contributed by atoms with Gasteiger partial charge in [-0.2, -0.15) is 0 Å². The molecule has 1 heterocycles. The standard InChI is InChI=1S/C16H23N5OS/c1-4-8-12(2)17-15(22)13(3)23-16-18-19-20-21(16)11-14-9-6-5-7-10-14/h5-7,9-10,12-13H,4,8,11H2,1-3H3,(H,17,22). The molecule has 1 aromatic carbocycles. The summed E-state index contributed by atoms with van der Waals surface area (Å²) < 4.78 is 1.72. The Morgan fingerprint density at radius 2 is 2.04 bits per heavy atom. The third-order valence-corrected chi connectivity index (χ3v) is 4.51. The van der Waals surface area contributed by atoms with Gasteiger partial charge in [-0.25, -0.2) is 4.68 Å². The minimum atomic E-state index is -0.241. The second-order valence-corrected chi connectivity index (χ2v) is 6.87. The van der Waals surface area contributed by atoms with Gasteiger partial charge >= 0.3 is 0 Å². The highest BCUT2D eigenvalue weighted by molar-refractivity contribution is 8.00. The maximum atomic E-state index is 12.2. The van der Waals surface area contributed by atoms with Gasteiger partial charge in [0, 0.05) is 6.04 Å². The molecule has 2 unspecified atom stereocenters. The molecular formula is C16H23N5OS. The lowest BCUT2D eigenvalue weighted by atomic mass is 10.2. The van der Waals surface area contributed by atoms with Crippen molar-refractivity contribution in [3.05, 3.63) is 35.9 Å². The molecule has 1 N–H and O–H groups in total. The smallest absolute Gasteiger partial charge is 0.233 e. The SMILES string of the molecule is CCCC(C)NC(=O)C(C)Sc1nnnn1Cc1ccccc1. The van der Waals surface area contributed by atoms with Crippen molar-refractivity contribution in [3.8, 4) is 0 Å². The Morgan fingerprint density at radius 1 is 1.30 bits per heavy atom. The third-order valence-electron chi connectivity index (χ3n) is 3.44. The average molecular weight is 333 g/mol. The number of hydrogen-bond donors (Lipinski definition) is 1. The van der Waals surface area contributed by atoms with E-state index in [4.69, 9.17) is 0 Å². The monoisotopic (exact) mass is 333 g/mol. The number of rotatable bonds is 8. The zero-order valence-corrected chi connectivity index (χ0v) is 14.6. The summed E-state index contributed by atoms with van der Waals surface area (Å²) in [6, 6.07) is 10.2. The van der Waals surface area contributed by atoms with Gasteiger partial charge in [0.25, 0.3) is 0 Å². The fraction of sp³-hybridized carbons (Fsp3) is 0.500. The van der Waals surface area contributed by atoms with Gasteiger partial charge in [-0.15, -0.1) is 5.10 Å². The highest BCUT2D eigenvalue weighted by Gasteiger charge is 2.19. The summed E-state index contributed by atoms with van der Waals surface area (Å²) in [4.78, 5) is 12.2. The lowest BCUT2D eigenvalue weighted by Crippen LogP contribution is -2.37. The van der Waals surface area contributed by atoms with E-state index in [1.807, 2.05) is 44.2 Å². The van der Waals surface area contributed by atoms with Crippen molar-refractivity contribution in [3.63, 3.8) is 0 Å². The number of hydrogen-bond acceptors (Lipinski definition) is 5. The number of amides is 1. The van der Waals surface area contributed by atoms with Crippen LogP contribution >= 0.6 is 11.8 Å². The van der Waals surface area contributed by atoms with Crippen molar-refractivity contribution in [2.45, 2.75) is 56.6 Å². The molecule has 7 heteroatoms. The number of nitrogens with one attached hydrogen (secondary N) is 1. The van der Waals surface area contributed by atoms with E-state index in [9.17, 15) is 4.79 Å². The van der Waals surface area contributed by atoms with Gasteiger partial charge in [0.1, 0.15) is 0 Å². The van der Waals surface area contributed by atoms with E-state index in [1.165, 1.54) is 11.8 Å². The molecule has 0 saturated heterocycles. The number of tetrazole rings is 1. The lowest BCUT2D eigenvalue weighted by molar-refractivity contribution is -0.120. The van der Waals surface area contributed by atoms with Crippen molar-refractivity contribution in [2.24, 2.45) is 0 Å². The molecule has 2 rings (SSSR count). The third kappa shape index (κ3) is 5.35. The molecule has 2 aromatic rings. The molecule has 0 spiro atoms. The van der Waals surface area contributed by atoms with Crippen LogP contribution in [0, 0.1) is 0 Å². The second kappa shape index (κ2) is 8.67. The summed E-state index contributed by atoms with van der Waals surface area (Å²) in [5.41, 5.74) is 1.12. The number of carbonyl (C=O) groups excluding carboxylic acids is 1. The molecule has 1 amide bonds. The van der Waals surface area contributed by atoms with E-state index in [-0.39, 0.29) is 17.2 Å². The van der Waals surface area contributed by atoms with Crippen LogP contribution in [0.5, 0.6) is 0 Å². The van der Waals surface area contributed by atoms with Crippen LogP contribution in [-0.2, 0) is 11.3 Å². The van der Waals surface area contributed by atoms with Gasteiger partial charge in [-0.3, -0.25) is 4.79 Å². The summed E-state index contributed by atoms with van der Waals surface area (Å²) in [6.07, 6.45) is 2.03. The average Bonchev–Trinajstić information content (AvgIpc) is 2.95. The molecule has 0 aliphatic heterocycles. The van der Waals surface area contributed by atoms with Crippen LogP contribution < -0.4 is 5.32 Å². The van der Waals surface area contributed by atoms with Gasteiger partial charge in [-0.1, -0.05) is 55.4 Å². The summed E-state index contributed by atoms with van der Waals surface area (Å²) >= 11 is 1.38. The normalized spacial score (nSPS) is 13.5. The van der Waals surface area contributed by atoms with Gasteiger partial charge in [0.15, 0.2) is 0 Å². The van der Waals surface area contributed by atoms with Crippen molar-refractivity contribution >= 4 is 17.7 Å². The zero-order valence-electron chi connectivity index (χ0n) is 13.8. The highest BCUT2D eigenvalue weighted by atomic mass is 32.2. The van der Waals surface area contributed by atoms with E-state index < -0.39 is 0 Å². The number of thioether (sulfide) groups is 1. The second-order valence-electron chi connectivity index (χ2n) is 5.56. The number of carbonyl (C=O) groups is 1. The molecular weight excluding hydrogens is 310 g/mol. The van der Waals surface area contributed by atoms with E-state index in [2.05, 4.69) is 27.8 Å². The van der Waals surface area contributed by atoms with Gasteiger partial charge in [0.2, 0.25) is 11.1 Å². The summed E-state index contributed by atoms with van der Waals surface area (Å²) in [5, 5.41) is 15.2. The molecule has 6 nitrogen and oxygen atoms in total. The molecule has 0 radical (unpaired) electrons. The largest absolute Gasteiger partial charge is 0.353 e. The van der Waals surface area contributed by atoms with Crippen LogP contribution in [0.2, 0.25) is 0 Å². The molecule has 0 fully saturated rings. The molecule has 0 aliphatic carbocycles. The summed E-state index contributed by atoms with van der Waals surface area (Å²) in [6.45, 7) is 6.60. The molecule has 1 aromatic heterocycles. The number of benzene rings is 1. The zero-order chi connectivity index (χ0) is 16.7. The minimum Gasteiger partial charge on any atom is -0.353 e. The maximum absolute atomic E-state index is 12.2. The van der Waals surface area contributed by atoms with Crippen LogP contribution in [-0.4, -0.2) is 37.4 Å². The maximum Gasteiger partial charge on any atom is 0.233 e. The summed E-state index contributed by atoms with van der Waals surface area (Å²) in [7, 11) is 0. The van der Waals surface area contributed by atoms with Gasteiger partial charge in [0.05, 0.1) is 11.8 Å².